The number of amidine groups is 1. The molecule has 2 amide bonds. The maximum absolute atomic E-state index is 13.1. The molecule has 0 aromatic heterocycles. The van der Waals surface area contributed by atoms with Crippen molar-refractivity contribution in [2.75, 3.05) is 18.4 Å². The molecule has 3 rings (SSSR count). The number of halogens is 1. The number of amides is 2. The number of nitrogens with zero attached hydrogens (tertiary/aromatic N) is 2. The fourth-order valence-electron chi connectivity index (χ4n) is 4.56. The molecule has 0 saturated carbocycles. The minimum absolute atomic E-state index is 0.166. The van der Waals surface area contributed by atoms with Crippen LogP contribution in [-0.2, 0) is 11.2 Å². The number of nitrogens with one attached hydrogen (secondary N) is 2. The molecule has 34 heavy (non-hydrogen) atoms. The van der Waals surface area contributed by atoms with Crippen molar-refractivity contribution in [1.82, 2.24) is 10.2 Å². The SMILES string of the molecule is CCC[C@H]1CN(CC(=O)Nc2ccccc2C(=O)NC(C)(C)C)C(=NBr)[C@@H]1Cc1ccccc1. The van der Waals surface area contributed by atoms with Crippen LogP contribution in [0.3, 0.4) is 0 Å². The molecule has 0 bridgehead atoms. The number of anilines is 1. The average Bonchev–Trinajstić information content (AvgIpc) is 3.09. The predicted octanol–water partition coefficient (Wildman–Crippen LogP) is 5.45. The van der Waals surface area contributed by atoms with E-state index in [4.69, 9.17) is 0 Å². The Morgan fingerprint density at radius 1 is 1.09 bits per heavy atom. The first-order chi connectivity index (χ1) is 16.2. The lowest BCUT2D eigenvalue weighted by Gasteiger charge is -2.22. The van der Waals surface area contributed by atoms with Gasteiger partial charge in [0.15, 0.2) is 0 Å². The van der Waals surface area contributed by atoms with E-state index in [1.807, 2.05) is 32.9 Å². The van der Waals surface area contributed by atoms with Gasteiger partial charge in [0.1, 0.15) is 5.84 Å². The molecule has 2 atom stereocenters. The molecule has 0 unspecified atom stereocenters. The van der Waals surface area contributed by atoms with Crippen LogP contribution in [0.15, 0.2) is 58.6 Å². The quantitative estimate of drug-likeness (QED) is 0.480. The highest BCUT2D eigenvalue weighted by Gasteiger charge is 2.38. The third-order valence-electron chi connectivity index (χ3n) is 5.99. The minimum Gasteiger partial charge on any atom is -0.350 e. The van der Waals surface area contributed by atoms with Gasteiger partial charge in [0.25, 0.3) is 5.91 Å². The Morgan fingerprint density at radius 3 is 2.41 bits per heavy atom. The minimum atomic E-state index is -0.368. The van der Waals surface area contributed by atoms with Crippen LogP contribution in [0.5, 0.6) is 0 Å². The van der Waals surface area contributed by atoms with Gasteiger partial charge in [0.2, 0.25) is 5.91 Å². The maximum Gasteiger partial charge on any atom is 0.253 e. The van der Waals surface area contributed by atoms with Crippen molar-refractivity contribution >= 4 is 39.5 Å². The summed E-state index contributed by atoms with van der Waals surface area (Å²) in [5.74, 6) is 1.22. The van der Waals surface area contributed by atoms with Crippen molar-refractivity contribution in [2.24, 2.45) is 15.9 Å². The number of para-hydroxylation sites is 1. The molecule has 2 N–H and O–H groups in total. The van der Waals surface area contributed by atoms with E-state index >= 15 is 0 Å². The third-order valence-corrected chi connectivity index (χ3v) is 6.36. The number of hydrogen-bond donors (Lipinski definition) is 2. The van der Waals surface area contributed by atoms with Crippen LogP contribution in [0.1, 0.15) is 56.5 Å². The summed E-state index contributed by atoms with van der Waals surface area (Å²) in [7, 11) is 0. The van der Waals surface area contributed by atoms with Crippen LogP contribution < -0.4 is 10.6 Å². The van der Waals surface area contributed by atoms with Gasteiger partial charge < -0.3 is 15.5 Å². The Kier molecular flexibility index (Phi) is 8.89. The fraction of sp³-hybridized carbons (Fsp3) is 0.444. The van der Waals surface area contributed by atoms with Gasteiger partial charge in [0, 0.05) is 18.0 Å². The highest BCUT2D eigenvalue weighted by atomic mass is 79.9. The number of carbonyl (C=O) groups excluding carboxylic acids is 2. The van der Waals surface area contributed by atoms with Gasteiger partial charge in [-0.2, -0.15) is 4.02 Å². The summed E-state index contributed by atoms with van der Waals surface area (Å²) in [5.41, 5.74) is 1.86. The second-order valence-corrected chi connectivity index (χ2v) is 10.3. The summed E-state index contributed by atoms with van der Waals surface area (Å²) in [4.78, 5) is 27.9. The number of benzene rings is 2. The molecule has 2 aromatic rings. The van der Waals surface area contributed by atoms with Gasteiger partial charge in [-0.1, -0.05) is 55.8 Å². The number of carbonyl (C=O) groups is 2. The van der Waals surface area contributed by atoms with Crippen molar-refractivity contribution in [2.45, 2.75) is 52.5 Å². The largest absolute Gasteiger partial charge is 0.350 e. The Balaban J connectivity index is 1.73. The summed E-state index contributed by atoms with van der Waals surface area (Å²) in [6, 6.07) is 17.5. The first kappa shape index (κ1) is 25.9. The first-order valence-corrected chi connectivity index (χ1v) is 12.6. The zero-order valence-electron chi connectivity index (χ0n) is 20.5. The van der Waals surface area contributed by atoms with E-state index in [0.29, 0.717) is 17.2 Å². The van der Waals surface area contributed by atoms with Crippen LogP contribution in [-0.4, -0.2) is 41.2 Å². The average molecular weight is 528 g/mol. The Morgan fingerprint density at radius 2 is 1.76 bits per heavy atom. The van der Waals surface area contributed by atoms with E-state index in [1.165, 1.54) is 5.56 Å². The Labute approximate surface area is 211 Å². The van der Waals surface area contributed by atoms with E-state index in [9.17, 15) is 9.59 Å². The molecule has 1 aliphatic rings. The third kappa shape index (κ3) is 6.92. The van der Waals surface area contributed by atoms with Crippen LogP contribution in [0.2, 0.25) is 0 Å². The Bertz CT molecular complexity index is 1020. The smallest absolute Gasteiger partial charge is 0.253 e. The number of hydrogen-bond acceptors (Lipinski definition) is 3. The molecular formula is C27H35BrN4O2. The fourth-order valence-corrected chi connectivity index (χ4v) is 5.05. The van der Waals surface area contributed by atoms with Gasteiger partial charge >= 0.3 is 0 Å². The predicted molar refractivity (Wildman–Crippen MR) is 142 cm³/mol. The summed E-state index contributed by atoms with van der Waals surface area (Å²) in [6.45, 7) is 8.96. The van der Waals surface area contributed by atoms with Crippen LogP contribution in [0, 0.1) is 11.8 Å². The highest BCUT2D eigenvalue weighted by molar-refractivity contribution is 9.08. The summed E-state index contributed by atoms with van der Waals surface area (Å²) < 4.78 is 4.44. The van der Waals surface area contributed by atoms with Crippen LogP contribution >= 0.6 is 16.1 Å². The molecule has 6 nitrogen and oxygen atoms in total. The van der Waals surface area contributed by atoms with Crippen molar-refractivity contribution in [3.05, 3.63) is 65.7 Å². The zero-order valence-corrected chi connectivity index (χ0v) is 22.1. The molecule has 1 saturated heterocycles. The highest BCUT2D eigenvalue weighted by Crippen LogP contribution is 2.33. The molecular weight excluding hydrogens is 492 g/mol. The van der Waals surface area contributed by atoms with E-state index < -0.39 is 0 Å². The van der Waals surface area contributed by atoms with Gasteiger partial charge in [-0.15, -0.1) is 0 Å². The van der Waals surface area contributed by atoms with E-state index in [2.05, 4.69) is 66.9 Å². The van der Waals surface area contributed by atoms with E-state index in [-0.39, 0.29) is 29.8 Å². The lowest BCUT2D eigenvalue weighted by Crippen LogP contribution is -2.41. The molecule has 0 aliphatic carbocycles. The van der Waals surface area contributed by atoms with Crippen molar-refractivity contribution in [3.63, 3.8) is 0 Å². The normalized spacial score (nSPS) is 19.3. The van der Waals surface area contributed by atoms with E-state index in [0.717, 1.165) is 31.6 Å². The van der Waals surface area contributed by atoms with E-state index in [1.54, 1.807) is 18.2 Å². The molecule has 0 spiro atoms. The standard InChI is InChI=1S/C27H35BrN4O2/c1-5-11-20-17-32(25(31-28)22(20)16-19-12-7-6-8-13-19)18-24(33)29-23-15-10-9-14-21(23)26(34)30-27(2,3)4/h6-10,12-15,20,22H,5,11,16-18H2,1-4H3,(H,29,33)(H,30,34)/t20-,22+/m0/s1. The monoisotopic (exact) mass is 526 g/mol. The van der Waals surface area contributed by atoms with Crippen molar-refractivity contribution in [3.8, 4) is 0 Å². The van der Waals surface area contributed by atoms with Gasteiger partial charge in [-0.25, -0.2) is 0 Å². The second kappa shape index (κ2) is 11.6. The molecule has 0 radical (unpaired) electrons. The van der Waals surface area contributed by atoms with Gasteiger partial charge in [-0.3, -0.25) is 9.59 Å². The molecule has 1 fully saturated rings. The topological polar surface area (TPSA) is 73.8 Å². The number of likely N-dealkylation sites (tertiary alicyclic amines) is 1. The second-order valence-electron chi connectivity index (χ2n) is 9.97. The lowest BCUT2D eigenvalue weighted by molar-refractivity contribution is -0.116. The number of rotatable bonds is 8. The summed E-state index contributed by atoms with van der Waals surface area (Å²) in [6.07, 6.45) is 3.06. The van der Waals surface area contributed by atoms with Crippen molar-refractivity contribution < 1.29 is 9.59 Å². The maximum atomic E-state index is 13.1. The molecule has 182 valence electrons. The summed E-state index contributed by atoms with van der Waals surface area (Å²) >= 11 is 3.33. The van der Waals surface area contributed by atoms with Gasteiger partial charge in [0.05, 0.1) is 33.9 Å². The summed E-state index contributed by atoms with van der Waals surface area (Å²) in [5, 5.41) is 5.91. The van der Waals surface area contributed by atoms with Crippen molar-refractivity contribution in [1.29, 1.82) is 0 Å². The first-order valence-electron chi connectivity index (χ1n) is 11.9. The van der Waals surface area contributed by atoms with Gasteiger partial charge in [-0.05, 0) is 57.2 Å². The molecule has 1 aliphatic heterocycles. The zero-order chi connectivity index (χ0) is 24.7. The van der Waals surface area contributed by atoms with Crippen LogP contribution in [0.25, 0.3) is 0 Å². The molecule has 2 aromatic carbocycles. The molecule has 1 heterocycles. The Hall–Kier alpha value is -2.67. The van der Waals surface area contributed by atoms with Crippen LogP contribution in [0.4, 0.5) is 5.69 Å². The lowest BCUT2D eigenvalue weighted by atomic mass is 9.86. The molecule has 7 heteroatoms.